The molecule has 0 saturated carbocycles. The number of nitrogen functional groups attached to an aromatic ring is 1. The molecule has 1 heterocycles. The summed E-state index contributed by atoms with van der Waals surface area (Å²) in [6, 6.07) is 0. The van der Waals surface area contributed by atoms with Crippen molar-refractivity contribution in [1.29, 1.82) is 0 Å². The first-order valence-electron chi connectivity index (χ1n) is 3.63. The minimum atomic E-state index is 0.436. The van der Waals surface area contributed by atoms with Crippen molar-refractivity contribution in [3.8, 4) is 0 Å². The number of aromatic nitrogens is 2. The quantitative estimate of drug-likeness (QED) is 0.667. The smallest absolute Gasteiger partial charge is 0.147 e. The monoisotopic (exact) mass is 164 g/mol. The Morgan fingerprint density at radius 2 is 2.33 bits per heavy atom. The van der Waals surface area contributed by atoms with E-state index < -0.39 is 0 Å². The van der Waals surface area contributed by atoms with E-state index in [1.807, 2.05) is 11.9 Å². The summed E-state index contributed by atoms with van der Waals surface area (Å²) in [4.78, 5) is 9.94. The predicted molar refractivity (Wildman–Crippen MR) is 49.9 cm³/mol. The van der Waals surface area contributed by atoms with Crippen LogP contribution in [-0.4, -0.2) is 23.6 Å². The SMILES string of the molecule is C=CCN(C)c1cnc(N)cn1. The van der Waals surface area contributed by atoms with E-state index in [2.05, 4.69) is 16.5 Å². The zero-order valence-corrected chi connectivity index (χ0v) is 7.07. The Labute approximate surface area is 71.7 Å². The Balaban J connectivity index is 2.74. The minimum absolute atomic E-state index is 0.436. The third kappa shape index (κ3) is 1.95. The molecule has 0 aliphatic rings. The van der Waals surface area contributed by atoms with Crippen LogP contribution < -0.4 is 10.6 Å². The zero-order chi connectivity index (χ0) is 8.97. The Hall–Kier alpha value is -1.58. The van der Waals surface area contributed by atoms with Crippen LogP contribution in [0.25, 0.3) is 0 Å². The molecule has 0 radical (unpaired) electrons. The van der Waals surface area contributed by atoms with Gasteiger partial charge in [-0.3, -0.25) is 0 Å². The summed E-state index contributed by atoms with van der Waals surface area (Å²) < 4.78 is 0. The molecule has 0 atom stereocenters. The van der Waals surface area contributed by atoms with Crippen LogP contribution in [0.3, 0.4) is 0 Å². The van der Waals surface area contributed by atoms with E-state index in [9.17, 15) is 0 Å². The van der Waals surface area contributed by atoms with E-state index in [-0.39, 0.29) is 0 Å². The number of anilines is 2. The summed E-state index contributed by atoms with van der Waals surface area (Å²) in [5.41, 5.74) is 5.39. The van der Waals surface area contributed by atoms with Crippen molar-refractivity contribution in [2.75, 3.05) is 24.2 Å². The average molecular weight is 164 g/mol. The molecule has 0 amide bonds. The van der Waals surface area contributed by atoms with Gasteiger partial charge in [0, 0.05) is 13.6 Å². The molecule has 1 rings (SSSR count). The van der Waals surface area contributed by atoms with Crippen LogP contribution in [0.2, 0.25) is 0 Å². The first-order chi connectivity index (χ1) is 5.74. The highest BCUT2D eigenvalue weighted by atomic mass is 15.2. The lowest BCUT2D eigenvalue weighted by atomic mass is 10.5. The molecule has 64 valence electrons. The molecule has 0 unspecified atom stereocenters. The molecule has 4 nitrogen and oxygen atoms in total. The first-order valence-corrected chi connectivity index (χ1v) is 3.63. The topological polar surface area (TPSA) is 55.0 Å². The molecule has 0 aliphatic carbocycles. The van der Waals surface area contributed by atoms with Crippen LogP contribution in [0.1, 0.15) is 0 Å². The van der Waals surface area contributed by atoms with E-state index in [1.165, 1.54) is 6.20 Å². The van der Waals surface area contributed by atoms with E-state index in [1.54, 1.807) is 12.3 Å². The largest absolute Gasteiger partial charge is 0.382 e. The molecule has 4 heteroatoms. The van der Waals surface area contributed by atoms with Gasteiger partial charge in [0.05, 0.1) is 12.4 Å². The lowest BCUT2D eigenvalue weighted by Gasteiger charge is -2.14. The molecular weight excluding hydrogens is 152 g/mol. The van der Waals surface area contributed by atoms with Gasteiger partial charge in [-0.15, -0.1) is 6.58 Å². The molecule has 12 heavy (non-hydrogen) atoms. The Morgan fingerprint density at radius 1 is 1.58 bits per heavy atom. The molecule has 2 N–H and O–H groups in total. The molecule has 0 fully saturated rings. The van der Waals surface area contributed by atoms with Crippen molar-refractivity contribution in [2.45, 2.75) is 0 Å². The van der Waals surface area contributed by atoms with Crippen molar-refractivity contribution < 1.29 is 0 Å². The van der Waals surface area contributed by atoms with Gasteiger partial charge in [-0.25, -0.2) is 9.97 Å². The average Bonchev–Trinajstić information content (AvgIpc) is 2.06. The number of hydrogen-bond donors (Lipinski definition) is 1. The summed E-state index contributed by atoms with van der Waals surface area (Å²) in [6.45, 7) is 4.38. The first kappa shape index (κ1) is 8.52. The minimum Gasteiger partial charge on any atom is -0.382 e. The third-order valence-corrected chi connectivity index (χ3v) is 1.45. The molecule has 1 aromatic rings. The van der Waals surface area contributed by atoms with Gasteiger partial charge < -0.3 is 10.6 Å². The molecule has 0 spiro atoms. The second-order valence-electron chi connectivity index (χ2n) is 2.47. The number of nitrogens with two attached hydrogens (primary N) is 1. The van der Waals surface area contributed by atoms with Gasteiger partial charge in [0.25, 0.3) is 0 Å². The van der Waals surface area contributed by atoms with Gasteiger partial charge in [0.15, 0.2) is 0 Å². The normalized spacial score (nSPS) is 9.42. The van der Waals surface area contributed by atoms with Gasteiger partial charge in [-0.05, 0) is 0 Å². The fourth-order valence-corrected chi connectivity index (χ4v) is 0.816. The Kier molecular flexibility index (Phi) is 2.63. The van der Waals surface area contributed by atoms with Gasteiger partial charge in [-0.1, -0.05) is 6.08 Å². The molecule has 0 saturated heterocycles. The molecule has 0 aliphatic heterocycles. The lowest BCUT2D eigenvalue weighted by molar-refractivity contribution is 0.978. The predicted octanol–water partition coefficient (Wildman–Crippen LogP) is 0.681. The Bertz CT molecular complexity index is 254. The van der Waals surface area contributed by atoms with Crippen molar-refractivity contribution in [1.82, 2.24) is 9.97 Å². The maximum atomic E-state index is 5.39. The summed E-state index contributed by atoms with van der Waals surface area (Å²) in [6.07, 6.45) is 4.98. The van der Waals surface area contributed by atoms with Crippen molar-refractivity contribution in [3.05, 3.63) is 25.0 Å². The highest BCUT2D eigenvalue weighted by molar-refractivity contribution is 5.38. The van der Waals surface area contributed by atoms with Crippen LogP contribution in [0.15, 0.2) is 25.0 Å². The van der Waals surface area contributed by atoms with Gasteiger partial charge in [0.2, 0.25) is 0 Å². The highest BCUT2D eigenvalue weighted by Crippen LogP contribution is 2.06. The van der Waals surface area contributed by atoms with Crippen molar-refractivity contribution in [3.63, 3.8) is 0 Å². The maximum Gasteiger partial charge on any atom is 0.147 e. The number of nitrogens with zero attached hydrogens (tertiary/aromatic N) is 3. The maximum absolute atomic E-state index is 5.39. The van der Waals surface area contributed by atoms with Crippen molar-refractivity contribution in [2.24, 2.45) is 0 Å². The summed E-state index contributed by atoms with van der Waals surface area (Å²) in [5, 5.41) is 0. The van der Waals surface area contributed by atoms with Crippen LogP contribution in [0.5, 0.6) is 0 Å². The fourth-order valence-electron chi connectivity index (χ4n) is 0.816. The molecule has 0 bridgehead atoms. The molecular formula is C8H12N4. The fraction of sp³-hybridized carbons (Fsp3) is 0.250. The van der Waals surface area contributed by atoms with E-state index in [4.69, 9.17) is 5.73 Å². The molecule has 1 aromatic heterocycles. The van der Waals surface area contributed by atoms with Crippen LogP contribution >= 0.6 is 0 Å². The number of rotatable bonds is 3. The van der Waals surface area contributed by atoms with E-state index in [0.29, 0.717) is 5.82 Å². The Morgan fingerprint density at radius 3 is 2.83 bits per heavy atom. The van der Waals surface area contributed by atoms with Gasteiger partial charge in [-0.2, -0.15) is 0 Å². The second kappa shape index (κ2) is 3.71. The molecule has 0 aromatic carbocycles. The van der Waals surface area contributed by atoms with Crippen LogP contribution in [0.4, 0.5) is 11.6 Å². The van der Waals surface area contributed by atoms with Crippen molar-refractivity contribution >= 4 is 11.6 Å². The highest BCUT2D eigenvalue weighted by Gasteiger charge is 1.98. The van der Waals surface area contributed by atoms with Crippen LogP contribution in [-0.2, 0) is 0 Å². The van der Waals surface area contributed by atoms with Gasteiger partial charge >= 0.3 is 0 Å². The number of likely N-dealkylation sites (N-methyl/N-ethyl adjacent to an activating group) is 1. The second-order valence-corrected chi connectivity index (χ2v) is 2.47. The number of hydrogen-bond acceptors (Lipinski definition) is 4. The summed E-state index contributed by atoms with van der Waals surface area (Å²) in [5.74, 6) is 1.23. The zero-order valence-electron chi connectivity index (χ0n) is 7.07. The summed E-state index contributed by atoms with van der Waals surface area (Å²) >= 11 is 0. The standard InChI is InChI=1S/C8H12N4/c1-3-4-12(2)8-6-10-7(9)5-11-8/h3,5-6H,1,4H2,2H3,(H2,9,10). The van der Waals surface area contributed by atoms with Gasteiger partial charge in [0.1, 0.15) is 11.6 Å². The van der Waals surface area contributed by atoms with E-state index in [0.717, 1.165) is 12.4 Å². The summed E-state index contributed by atoms with van der Waals surface area (Å²) in [7, 11) is 1.92. The van der Waals surface area contributed by atoms with E-state index >= 15 is 0 Å². The third-order valence-electron chi connectivity index (χ3n) is 1.45. The van der Waals surface area contributed by atoms with Crippen LogP contribution in [0, 0.1) is 0 Å². The lowest BCUT2D eigenvalue weighted by Crippen LogP contribution is -2.18.